The van der Waals surface area contributed by atoms with Gasteiger partial charge in [-0.2, -0.15) is 0 Å². The highest BCUT2D eigenvalue weighted by Crippen LogP contribution is 2.62. The molecule has 0 spiro atoms. The molecular formula is C27H30Cl2N4OS. The van der Waals surface area contributed by atoms with Crippen molar-refractivity contribution in [3.8, 4) is 0 Å². The van der Waals surface area contributed by atoms with Gasteiger partial charge in [0, 0.05) is 28.3 Å². The van der Waals surface area contributed by atoms with E-state index in [1.165, 1.54) is 6.42 Å². The number of hydrogen-bond donors (Lipinski definition) is 1. The first-order valence-electron chi connectivity index (χ1n) is 12.1. The van der Waals surface area contributed by atoms with E-state index in [-0.39, 0.29) is 11.6 Å². The lowest BCUT2D eigenvalue weighted by Gasteiger charge is -2.63. The highest BCUT2D eigenvalue weighted by atomic mass is 35.5. The van der Waals surface area contributed by atoms with E-state index in [1.54, 1.807) is 23.0 Å². The van der Waals surface area contributed by atoms with Crippen LogP contribution in [0.25, 0.3) is 10.9 Å². The fraction of sp³-hybridized carbons (Fsp3) is 0.444. The molecule has 3 fully saturated rings. The maximum absolute atomic E-state index is 13.2. The molecular weight excluding hydrogens is 499 g/mol. The minimum absolute atomic E-state index is 0.0810. The molecule has 3 saturated carbocycles. The van der Waals surface area contributed by atoms with Crippen LogP contribution in [0, 0.1) is 23.2 Å². The van der Waals surface area contributed by atoms with E-state index in [2.05, 4.69) is 30.7 Å². The molecule has 0 saturated heterocycles. The van der Waals surface area contributed by atoms with Crippen LogP contribution < -0.4 is 16.2 Å². The lowest BCUT2D eigenvalue weighted by molar-refractivity contribution is -0.107. The fourth-order valence-electron chi connectivity index (χ4n) is 6.37. The first kappa shape index (κ1) is 24.5. The monoisotopic (exact) mass is 528 g/mol. The molecule has 2 bridgehead atoms. The van der Waals surface area contributed by atoms with Crippen molar-refractivity contribution >= 4 is 57.1 Å². The van der Waals surface area contributed by atoms with Crippen LogP contribution in [0.4, 0.5) is 5.69 Å². The lowest BCUT2D eigenvalue weighted by atomic mass is 9.44. The number of nitrogens with two attached hydrogens (primary N) is 1. The van der Waals surface area contributed by atoms with Gasteiger partial charge in [-0.25, -0.2) is 4.98 Å². The van der Waals surface area contributed by atoms with Gasteiger partial charge >= 0.3 is 0 Å². The summed E-state index contributed by atoms with van der Waals surface area (Å²) < 4.78 is 1.62. The SMILES string of the molecule is C[C@@H]1[C@@H](N(C(N)=S)c2ccc3c(=O)n(CCc4ccc(Cl)cc4Cl)cnc3c2)C[C@H]2C[C@@H]1C2(C)C. The number of aromatic nitrogens is 2. The normalized spacial score (nSPS) is 24.7. The topological polar surface area (TPSA) is 64.2 Å². The number of nitrogens with zero attached hydrogens (tertiary/aromatic N) is 3. The number of hydrogen-bond acceptors (Lipinski definition) is 3. The summed E-state index contributed by atoms with van der Waals surface area (Å²) in [6, 6.07) is 11.4. The van der Waals surface area contributed by atoms with E-state index in [0.29, 0.717) is 62.2 Å². The van der Waals surface area contributed by atoms with Gasteiger partial charge in [-0.05, 0) is 90.5 Å². The van der Waals surface area contributed by atoms with Gasteiger partial charge in [0.2, 0.25) is 0 Å². The molecule has 0 unspecified atom stereocenters. The van der Waals surface area contributed by atoms with Crippen molar-refractivity contribution in [3.63, 3.8) is 0 Å². The summed E-state index contributed by atoms with van der Waals surface area (Å²) in [6.45, 7) is 7.57. The summed E-state index contributed by atoms with van der Waals surface area (Å²) in [7, 11) is 0. The third-order valence-electron chi connectivity index (χ3n) is 8.61. The Morgan fingerprint density at radius 1 is 1.23 bits per heavy atom. The smallest absolute Gasteiger partial charge is 0.261 e. The van der Waals surface area contributed by atoms with Gasteiger partial charge in [0.15, 0.2) is 5.11 Å². The first-order valence-corrected chi connectivity index (χ1v) is 13.3. The molecule has 0 aliphatic heterocycles. The van der Waals surface area contributed by atoms with Crippen LogP contribution in [0.5, 0.6) is 0 Å². The van der Waals surface area contributed by atoms with Crippen LogP contribution >= 0.6 is 35.4 Å². The third kappa shape index (κ3) is 4.24. The Labute approximate surface area is 221 Å². The molecule has 3 aromatic rings. The zero-order valence-corrected chi connectivity index (χ0v) is 22.5. The molecule has 2 aromatic carbocycles. The van der Waals surface area contributed by atoms with Gasteiger partial charge in [0.05, 0.1) is 17.2 Å². The predicted molar refractivity (Wildman–Crippen MR) is 148 cm³/mol. The van der Waals surface area contributed by atoms with Crippen molar-refractivity contribution in [3.05, 3.63) is 68.7 Å². The van der Waals surface area contributed by atoms with E-state index >= 15 is 0 Å². The van der Waals surface area contributed by atoms with Crippen molar-refractivity contribution in [1.82, 2.24) is 9.55 Å². The van der Waals surface area contributed by atoms with Crippen LogP contribution in [0.1, 0.15) is 39.2 Å². The number of thiocarbonyl (C=S) groups is 1. The number of fused-ring (bicyclic) bond motifs is 3. The fourth-order valence-corrected chi connectivity index (χ4v) is 7.11. The average molecular weight is 530 g/mol. The highest BCUT2D eigenvalue weighted by Gasteiger charge is 2.57. The summed E-state index contributed by atoms with van der Waals surface area (Å²) in [4.78, 5) is 19.9. The minimum atomic E-state index is -0.0810. The second-order valence-corrected chi connectivity index (χ2v) is 11.9. The Kier molecular flexibility index (Phi) is 6.35. The molecule has 3 aliphatic rings. The zero-order chi connectivity index (χ0) is 25.1. The van der Waals surface area contributed by atoms with Crippen LogP contribution in [-0.2, 0) is 13.0 Å². The Morgan fingerprint density at radius 3 is 2.66 bits per heavy atom. The largest absolute Gasteiger partial charge is 0.376 e. The summed E-state index contributed by atoms with van der Waals surface area (Å²) in [5, 5.41) is 2.13. The van der Waals surface area contributed by atoms with Crippen LogP contribution in [0.3, 0.4) is 0 Å². The van der Waals surface area contributed by atoms with Gasteiger partial charge < -0.3 is 10.6 Å². The second kappa shape index (κ2) is 9.06. The molecule has 1 aromatic heterocycles. The quantitative estimate of drug-likeness (QED) is 0.407. The maximum atomic E-state index is 13.2. The molecule has 0 amide bonds. The Hall–Kier alpha value is -2.15. The van der Waals surface area contributed by atoms with Gasteiger partial charge in [-0.3, -0.25) is 9.36 Å². The molecule has 35 heavy (non-hydrogen) atoms. The first-order chi connectivity index (χ1) is 16.6. The standard InChI is InChI=1S/C27H30Cl2N4OS/c1-15-21-10-17(27(21,2)3)11-24(15)33(26(30)35)19-6-7-20-23(13-19)31-14-32(25(20)34)9-8-16-4-5-18(28)12-22(16)29/h4-7,12-15,17,21,24H,8-11H2,1-3H3,(H2,30,35)/t15-,17+,21-,24-/m0/s1. The number of halogens is 2. The number of rotatable bonds is 5. The van der Waals surface area contributed by atoms with E-state index in [4.69, 9.17) is 41.2 Å². The van der Waals surface area contributed by atoms with Crippen LogP contribution in [0.15, 0.2) is 47.5 Å². The summed E-state index contributed by atoms with van der Waals surface area (Å²) in [6.07, 6.45) is 4.57. The Balaban J connectivity index is 1.41. The number of anilines is 1. The molecule has 6 rings (SSSR count). The summed E-state index contributed by atoms with van der Waals surface area (Å²) >= 11 is 17.8. The van der Waals surface area contributed by atoms with Gasteiger partial charge in [0.1, 0.15) is 0 Å². The van der Waals surface area contributed by atoms with E-state index in [0.717, 1.165) is 17.7 Å². The van der Waals surface area contributed by atoms with Crippen LogP contribution in [0.2, 0.25) is 10.0 Å². The molecule has 4 atom stereocenters. The molecule has 3 aliphatic carbocycles. The van der Waals surface area contributed by atoms with Gasteiger partial charge in [0.25, 0.3) is 5.56 Å². The molecule has 8 heteroatoms. The van der Waals surface area contributed by atoms with Crippen molar-refractivity contribution in [2.45, 2.75) is 52.6 Å². The van der Waals surface area contributed by atoms with Crippen LogP contribution in [-0.4, -0.2) is 20.7 Å². The molecule has 1 heterocycles. The number of benzene rings is 2. The van der Waals surface area contributed by atoms with Gasteiger partial charge in [-0.15, -0.1) is 0 Å². The summed E-state index contributed by atoms with van der Waals surface area (Å²) in [5.41, 5.74) is 9.04. The third-order valence-corrected chi connectivity index (χ3v) is 9.39. The van der Waals surface area contributed by atoms with E-state index in [9.17, 15) is 4.79 Å². The molecule has 184 valence electrons. The zero-order valence-electron chi connectivity index (χ0n) is 20.2. The van der Waals surface area contributed by atoms with E-state index in [1.807, 2.05) is 24.3 Å². The minimum Gasteiger partial charge on any atom is -0.376 e. The average Bonchev–Trinajstić information content (AvgIpc) is 2.80. The molecule has 2 N–H and O–H groups in total. The van der Waals surface area contributed by atoms with Crippen molar-refractivity contribution < 1.29 is 0 Å². The number of aryl methyl sites for hydroxylation is 2. The predicted octanol–water partition coefficient (Wildman–Crippen LogP) is 6.07. The highest BCUT2D eigenvalue weighted by molar-refractivity contribution is 7.80. The molecule has 0 radical (unpaired) electrons. The van der Waals surface area contributed by atoms with E-state index < -0.39 is 0 Å². The Morgan fingerprint density at radius 2 is 2.00 bits per heavy atom. The lowest BCUT2D eigenvalue weighted by Crippen LogP contribution is -2.62. The van der Waals surface area contributed by atoms with Crippen molar-refractivity contribution in [2.24, 2.45) is 28.9 Å². The maximum Gasteiger partial charge on any atom is 0.261 e. The van der Waals surface area contributed by atoms with Crippen molar-refractivity contribution in [1.29, 1.82) is 0 Å². The Bertz CT molecular complexity index is 1370. The van der Waals surface area contributed by atoms with Crippen molar-refractivity contribution in [2.75, 3.05) is 4.90 Å². The second-order valence-electron chi connectivity index (χ2n) is 10.7. The molecule has 5 nitrogen and oxygen atoms in total. The summed E-state index contributed by atoms with van der Waals surface area (Å²) in [5.74, 6) is 1.83. The van der Waals surface area contributed by atoms with Gasteiger partial charge in [-0.1, -0.05) is 50.0 Å².